The predicted molar refractivity (Wildman–Crippen MR) is 141 cm³/mol. The van der Waals surface area contributed by atoms with Gasteiger partial charge < -0.3 is 9.64 Å². The number of carbonyl (C=O) groups excluding carboxylic acids is 2. The van der Waals surface area contributed by atoms with Crippen molar-refractivity contribution in [3.8, 4) is 5.75 Å². The van der Waals surface area contributed by atoms with E-state index in [2.05, 4.69) is 0 Å². The van der Waals surface area contributed by atoms with Gasteiger partial charge in [0.05, 0.1) is 0 Å². The molecule has 2 aromatic carbocycles. The molecule has 1 amide bonds. The van der Waals surface area contributed by atoms with Crippen LogP contribution in [-0.2, 0) is 19.6 Å². The number of nitrogens with zero attached hydrogens (tertiary/aromatic N) is 2. The first-order valence-corrected chi connectivity index (χ1v) is 13.7. The number of piperazine rings is 1. The molecule has 0 spiro atoms. The smallest absolute Gasteiger partial charge is 0.260 e. The Morgan fingerprint density at radius 3 is 2.08 bits per heavy atom. The summed E-state index contributed by atoms with van der Waals surface area (Å²) in [6, 6.07) is 20.0. The van der Waals surface area contributed by atoms with Crippen LogP contribution in [0.1, 0.15) is 11.1 Å². The summed E-state index contributed by atoms with van der Waals surface area (Å²) in [5.41, 5.74) is 1.79. The minimum atomic E-state index is -3.50. The van der Waals surface area contributed by atoms with Gasteiger partial charge in [-0.05, 0) is 46.9 Å². The summed E-state index contributed by atoms with van der Waals surface area (Å²) in [6.45, 7) is 1.03. The fourth-order valence-electron chi connectivity index (χ4n) is 3.60. The molecule has 1 saturated heterocycles. The Labute approximate surface area is 215 Å². The van der Waals surface area contributed by atoms with Crippen LogP contribution in [0, 0.1) is 0 Å². The number of carbonyl (C=O) groups is 2. The lowest BCUT2D eigenvalue weighted by Gasteiger charge is -2.33. The minimum absolute atomic E-state index is 0.118. The van der Waals surface area contributed by atoms with Gasteiger partial charge in [0.2, 0.25) is 0 Å². The van der Waals surface area contributed by atoms with Crippen molar-refractivity contribution in [2.75, 3.05) is 32.8 Å². The second kappa shape index (κ2) is 11.9. The average Bonchev–Trinajstić information content (AvgIpc) is 3.47. The molecular formula is C27H26N2O5S2. The third-order valence-corrected chi connectivity index (χ3v) is 8.87. The maximum atomic E-state index is 12.6. The van der Waals surface area contributed by atoms with Crippen molar-refractivity contribution < 1.29 is 22.7 Å². The lowest BCUT2D eigenvalue weighted by molar-refractivity contribution is -0.134. The van der Waals surface area contributed by atoms with Gasteiger partial charge in [-0.25, -0.2) is 8.42 Å². The summed E-state index contributed by atoms with van der Waals surface area (Å²) in [7, 11) is -3.50. The molecule has 2 heterocycles. The molecular weight excluding hydrogens is 496 g/mol. The maximum absolute atomic E-state index is 12.6. The number of rotatable bonds is 9. The Morgan fingerprint density at radius 2 is 1.47 bits per heavy atom. The zero-order valence-corrected chi connectivity index (χ0v) is 21.2. The molecule has 36 heavy (non-hydrogen) atoms. The molecule has 0 aliphatic carbocycles. The van der Waals surface area contributed by atoms with E-state index in [1.54, 1.807) is 58.8 Å². The van der Waals surface area contributed by atoms with Crippen molar-refractivity contribution in [1.82, 2.24) is 9.21 Å². The Bertz CT molecular complexity index is 1320. The molecule has 0 bridgehead atoms. The van der Waals surface area contributed by atoms with E-state index in [1.807, 2.05) is 30.3 Å². The van der Waals surface area contributed by atoms with E-state index in [0.29, 0.717) is 23.0 Å². The second-order valence-electron chi connectivity index (χ2n) is 8.05. The highest BCUT2D eigenvalue weighted by atomic mass is 32.2. The third-order valence-electron chi connectivity index (χ3n) is 5.60. The standard InChI is InChI=1S/C27H26N2O5S2/c30-24(12-8-22-5-2-1-3-6-22)13-9-23-10-14-25(15-11-23)34-21-26(31)28-16-18-29(19-17-28)36(32,33)27-7-4-20-35-27/h1-15,20H,16-19,21H2. The molecule has 1 fully saturated rings. The molecule has 186 valence electrons. The van der Waals surface area contributed by atoms with Crippen LogP contribution in [0.25, 0.3) is 12.2 Å². The number of hydrogen-bond acceptors (Lipinski definition) is 6. The monoisotopic (exact) mass is 522 g/mol. The third kappa shape index (κ3) is 6.78. The summed E-state index contributed by atoms with van der Waals surface area (Å²) in [5, 5.41) is 1.73. The number of benzene rings is 2. The van der Waals surface area contributed by atoms with Gasteiger partial charge in [0, 0.05) is 26.2 Å². The predicted octanol–water partition coefficient (Wildman–Crippen LogP) is 3.96. The van der Waals surface area contributed by atoms with Crippen LogP contribution in [0.2, 0.25) is 0 Å². The second-order valence-corrected chi connectivity index (χ2v) is 11.2. The first kappa shape index (κ1) is 25.6. The van der Waals surface area contributed by atoms with Gasteiger partial charge in [-0.2, -0.15) is 4.31 Å². The van der Waals surface area contributed by atoms with Crippen molar-refractivity contribution >= 4 is 45.2 Å². The highest BCUT2D eigenvalue weighted by Crippen LogP contribution is 2.22. The Balaban J connectivity index is 1.22. The molecule has 0 unspecified atom stereocenters. The van der Waals surface area contributed by atoms with Crippen molar-refractivity contribution in [3.05, 3.63) is 95.4 Å². The van der Waals surface area contributed by atoms with E-state index >= 15 is 0 Å². The van der Waals surface area contributed by atoms with Gasteiger partial charge in [-0.1, -0.05) is 60.7 Å². The lowest BCUT2D eigenvalue weighted by Crippen LogP contribution is -2.51. The molecule has 9 heteroatoms. The molecule has 1 aliphatic rings. The number of allylic oxidation sites excluding steroid dienone is 2. The Hall–Kier alpha value is -3.53. The summed E-state index contributed by atoms with van der Waals surface area (Å²) in [5.74, 6) is 0.228. The molecule has 1 aliphatic heterocycles. The van der Waals surface area contributed by atoms with E-state index in [0.717, 1.165) is 11.1 Å². The summed E-state index contributed by atoms with van der Waals surface area (Å²) in [6.07, 6.45) is 6.50. The number of thiophene rings is 1. The fourth-order valence-corrected chi connectivity index (χ4v) is 6.17. The molecule has 7 nitrogen and oxygen atoms in total. The van der Waals surface area contributed by atoms with Gasteiger partial charge in [0.25, 0.3) is 15.9 Å². The summed E-state index contributed by atoms with van der Waals surface area (Å²) in [4.78, 5) is 26.2. The molecule has 0 N–H and O–H groups in total. The van der Waals surface area contributed by atoms with Crippen molar-refractivity contribution in [1.29, 1.82) is 0 Å². The number of hydrogen-bond donors (Lipinski definition) is 0. The van der Waals surface area contributed by atoms with Crippen LogP contribution in [-0.4, -0.2) is 62.1 Å². The van der Waals surface area contributed by atoms with Gasteiger partial charge in [0.1, 0.15) is 9.96 Å². The first-order chi connectivity index (χ1) is 17.4. The zero-order valence-electron chi connectivity index (χ0n) is 19.5. The van der Waals surface area contributed by atoms with Crippen molar-refractivity contribution in [3.63, 3.8) is 0 Å². The molecule has 0 atom stereocenters. The number of ether oxygens (including phenoxy) is 1. The summed E-state index contributed by atoms with van der Waals surface area (Å²) >= 11 is 1.19. The lowest BCUT2D eigenvalue weighted by atomic mass is 10.1. The van der Waals surface area contributed by atoms with E-state index in [4.69, 9.17) is 4.74 Å². The first-order valence-electron chi connectivity index (χ1n) is 11.4. The largest absolute Gasteiger partial charge is 0.484 e. The van der Waals surface area contributed by atoms with Gasteiger partial charge in [0.15, 0.2) is 12.4 Å². The molecule has 1 aromatic heterocycles. The van der Waals surface area contributed by atoms with Crippen LogP contribution >= 0.6 is 11.3 Å². The van der Waals surface area contributed by atoms with Crippen LogP contribution in [0.5, 0.6) is 5.75 Å². The SMILES string of the molecule is O=C(C=Cc1ccccc1)C=Cc1ccc(OCC(=O)N2CCN(S(=O)(=O)c3cccs3)CC2)cc1. The topological polar surface area (TPSA) is 84.0 Å². The highest BCUT2D eigenvalue weighted by molar-refractivity contribution is 7.91. The van der Waals surface area contributed by atoms with Crippen LogP contribution in [0.4, 0.5) is 0 Å². The number of amides is 1. The van der Waals surface area contributed by atoms with Gasteiger partial charge in [-0.15, -0.1) is 11.3 Å². The Kier molecular flexibility index (Phi) is 8.48. The van der Waals surface area contributed by atoms with Crippen molar-refractivity contribution in [2.24, 2.45) is 0 Å². The van der Waals surface area contributed by atoms with Gasteiger partial charge in [-0.3, -0.25) is 9.59 Å². The minimum Gasteiger partial charge on any atom is -0.484 e. The normalized spacial score (nSPS) is 14.9. The fraction of sp³-hybridized carbons (Fsp3) is 0.185. The van der Waals surface area contributed by atoms with Crippen LogP contribution in [0.15, 0.2) is 88.5 Å². The quantitative estimate of drug-likeness (QED) is 0.398. The maximum Gasteiger partial charge on any atom is 0.260 e. The highest BCUT2D eigenvalue weighted by Gasteiger charge is 2.30. The molecule has 4 rings (SSSR count). The summed E-state index contributed by atoms with van der Waals surface area (Å²) < 4.78 is 32.6. The number of sulfonamides is 1. The van der Waals surface area contributed by atoms with E-state index < -0.39 is 10.0 Å². The molecule has 0 radical (unpaired) electrons. The van der Waals surface area contributed by atoms with E-state index in [9.17, 15) is 18.0 Å². The van der Waals surface area contributed by atoms with E-state index in [1.165, 1.54) is 27.8 Å². The van der Waals surface area contributed by atoms with Crippen LogP contribution < -0.4 is 4.74 Å². The molecule has 3 aromatic rings. The molecule has 0 saturated carbocycles. The average molecular weight is 523 g/mol. The van der Waals surface area contributed by atoms with Crippen molar-refractivity contribution in [2.45, 2.75) is 4.21 Å². The van der Waals surface area contributed by atoms with E-state index in [-0.39, 0.29) is 31.4 Å². The Morgan fingerprint density at radius 1 is 0.833 bits per heavy atom. The number of ketones is 1. The van der Waals surface area contributed by atoms with Gasteiger partial charge >= 0.3 is 0 Å². The van der Waals surface area contributed by atoms with Crippen LogP contribution in [0.3, 0.4) is 0 Å². The zero-order chi connectivity index (χ0) is 25.4.